The van der Waals surface area contributed by atoms with E-state index >= 15 is 0 Å². The fraction of sp³-hybridized carbons (Fsp3) is 0.882. The molecule has 0 heterocycles. The van der Waals surface area contributed by atoms with E-state index in [2.05, 4.69) is 46.1 Å². The molecule has 0 aromatic heterocycles. The van der Waals surface area contributed by atoms with Gasteiger partial charge in [0, 0.05) is 0 Å². The molecule has 0 aromatic rings. The number of aliphatic hydroxyl groups excluding tert-OH is 1. The van der Waals surface area contributed by atoms with Crippen LogP contribution in [0.15, 0.2) is 11.6 Å². The van der Waals surface area contributed by atoms with Crippen LogP contribution in [-0.2, 0) is 9.09 Å². The van der Waals surface area contributed by atoms with Crippen molar-refractivity contribution in [2.75, 3.05) is 52.5 Å². The average Bonchev–Trinajstić information content (AvgIpc) is 2.58. The molecule has 0 aliphatic carbocycles. The zero-order valence-electron chi connectivity index (χ0n) is 17.3. The van der Waals surface area contributed by atoms with Crippen LogP contribution in [0.1, 0.15) is 48.5 Å². The summed E-state index contributed by atoms with van der Waals surface area (Å²) < 4.78 is 13.7. The molecule has 0 atom stereocenters. The lowest BCUT2D eigenvalue weighted by Crippen LogP contribution is -3.11. The molecule has 7 nitrogen and oxygen atoms in total. The molecule has 0 fully saturated rings. The van der Waals surface area contributed by atoms with E-state index in [0.717, 1.165) is 0 Å². The molecule has 0 aromatic carbocycles. The first kappa shape index (κ1) is 29.5. The Hall–Kier alpha value is -0.270. The van der Waals surface area contributed by atoms with Gasteiger partial charge in [-0.1, -0.05) is 6.08 Å². The maximum Gasteiger partial charge on any atom is 0.0742 e. The molecule has 3 N–H and O–H groups in total. The third-order valence-corrected chi connectivity index (χ3v) is 4.38. The summed E-state index contributed by atoms with van der Waals surface area (Å²) in [6.45, 7) is 22.1. The maximum absolute atomic E-state index is 9.86. The van der Waals surface area contributed by atoms with Gasteiger partial charge in [-0.25, -0.2) is 0 Å². The predicted molar refractivity (Wildman–Crippen MR) is 99.6 cm³/mol. The van der Waals surface area contributed by atoms with Crippen LogP contribution < -0.4 is 19.6 Å². The highest BCUT2D eigenvalue weighted by molar-refractivity contribution is 7.43. The predicted octanol–water partition coefficient (Wildman–Crippen LogP) is -1.37. The van der Waals surface area contributed by atoms with Gasteiger partial charge in [0.15, 0.2) is 0 Å². The standard InChI is InChI=1S/2C6H15N.C5H11O5P/c2*1-4-7(5-2)6-3;1-5(4-6)2-3-10-11(7,8)9/h2*4-6H2,1-3H3;2,6H,3-4H2,1H3,(H2,7,8,9)/b;;5-2+. The van der Waals surface area contributed by atoms with E-state index in [9.17, 15) is 14.4 Å². The average molecular weight is 384 g/mol. The number of phosphoric ester groups is 1. The second kappa shape index (κ2) is 20.0. The Kier molecular flexibility index (Phi) is 23.6. The number of quaternary nitrogens is 2. The van der Waals surface area contributed by atoms with Gasteiger partial charge in [0.2, 0.25) is 0 Å². The minimum absolute atomic E-state index is 0.175. The van der Waals surface area contributed by atoms with Crippen molar-refractivity contribution in [3.63, 3.8) is 0 Å². The minimum atomic E-state index is -4.86. The molecule has 0 unspecified atom stereocenters. The van der Waals surface area contributed by atoms with Gasteiger partial charge in [-0.05, 0) is 54.0 Å². The van der Waals surface area contributed by atoms with E-state index in [-0.39, 0.29) is 13.2 Å². The third-order valence-electron chi connectivity index (χ3n) is 3.91. The van der Waals surface area contributed by atoms with Crippen LogP contribution in [0.5, 0.6) is 0 Å². The smallest absolute Gasteiger partial charge is 0.0742 e. The molecule has 0 radical (unpaired) electrons. The Balaban J connectivity index is -0.000000304. The Labute approximate surface area is 154 Å². The van der Waals surface area contributed by atoms with Crippen molar-refractivity contribution in [3.05, 3.63) is 11.6 Å². The summed E-state index contributed by atoms with van der Waals surface area (Å²) in [7, 11) is -4.86. The van der Waals surface area contributed by atoms with Gasteiger partial charge in [0.05, 0.1) is 60.3 Å². The molecule has 0 aliphatic heterocycles. The van der Waals surface area contributed by atoms with E-state index in [4.69, 9.17) is 5.11 Å². The van der Waals surface area contributed by atoms with E-state index < -0.39 is 7.82 Å². The van der Waals surface area contributed by atoms with Crippen molar-refractivity contribution in [3.8, 4) is 0 Å². The normalized spacial score (nSPS) is 11.8. The number of nitrogens with one attached hydrogen (secondary N) is 2. The zero-order valence-corrected chi connectivity index (χ0v) is 18.2. The summed E-state index contributed by atoms with van der Waals surface area (Å²) in [5, 5.41) is 8.42. The molecule has 0 saturated heterocycles. The molecule has 0 saturated carbocycles. The Morgan fingerprint density at radius 3 is 1.40 bits per heavy atom. The highest BCUT2D eigenvalue weighted by Crippen LogP contribution is 2.23. The quantitative estimate of drug-likeness (QED) is 0.319. The summed E-state index contributed by atoms with van der Waals surface area (Å²) in [5.74, 6) is 0. The van der Waals surface area contributed by atoms with Gasteiger partial charge in [-0.15, -0.1) is 0 Å². The summed E-state index contributed by atoms with van der Waals surface area (Å²) >= 11 is 0. The van der Waals surface area contributed by atoms with Crippen molar-refractivity contribution in [2.24, 2.45) is 0 Å². The number of hydrogen-bond acceptors (Lipinski definition) is 5. The number of phosphoric acid groups is 1. The Morgan fingerprint density at radius 2 is 1.24 bits per heavy atom. The molecular weight excluding hydrogens is 343 g/mol. The van der Waals surface area contributed by atoms with Crippen LogP contribution in [0.25, 0.3) is 0 Å². The lowest BCUT2D eigenvalue weighted by atomic mass is 10.3. The third kappa shape index (κ3) is 26.1. The minimum Gasteiger partial charge on any atom is -0.790 e. The van der Waals surface area contributed by atoms with Crippen LogP contribution in [0.4, 0.5) is 0 Å². The van der Waals surface area contributed by atoms with Crippen LogP contribution in [-0.4, -0.2) is 57.6 Å². The summed E-state index contributed by atoms with van der Waals surface area (Å²) in [4.78, 5) is 23.1. The Bertz CT molecular complexity index is 317. The molecular formula is C17H41N2O5P. The topological polar surface area (TPSA) is 102 Å². The first-order valence-electron chi connectivity index (χ1n) is 9.25. The van der Waals surface area contributed by atoms with Crippen molar-refractivity contribution >= 4 is 7.82 Å². The zero-order chi connectivity index (χ0) is 20.3. The van der Waals surface area contributed by atoms with E-state index in [1.165, 1.54) is 45.3 Å². The van der Waals surface area contributed by atoms with Crippen LogP contribution in [0.2, 0.25) is 0 Å². The molecule has 0 amide bonds. The highest BCUT2D eigenvalue weighted by atomic mass is 31.2. The lowest BCUT2D eigenvalue weighted by molar-refractivity contribution is -0.894. The first-order valence-corrected chi connectivity index (χ1v) is 10.7. The lowest BCUT2D eigenvalue weighted by Gasteiger charge is -2.27. The number of aliphatic hydroxyl groups is 1. The van der Waals surface area contributed by atoms with Crippen LogP contribution >= 0.6 is 7.82 Å². The van der Waals surface area contributed by atoms with Crippen LogP contribution in [0, 0.1) is 0 Å². The van der Waals surface area contributed by atoms with E-state index in [0.29, 0.717) is 5.57 Å². The van der Waals surface area contributed by atoms with Crippen molar-refractivity contribution in [2.45, 2.75) is 48.5 Å². The fourth-order valence-electron chi connectivity index (χ4n) is 1.84. The molecule has 0 spiro atoms. The van der Waals surface area contributed by atoms with Gasteiger partial charge in [-0.3, -0.25) is 0 Å². The molecule has 0 aliphatic rings. The van der Waals surface area contributed by atoms with Gasteiger partial charge < -0.3 is 33.8 Å². The van der Waals surface area contributed by atoms with E-state index in [1.807, 2.05) is 0 Å². The SMILES string of the molecule is C/C(=C\COP(=O)([O-])[O-])CO.CC[NH+](CC)CC.CC[NH+](CC)CC. The molecule has 8 heteroatoms. The maximum atomic E-state index is 9.86. The molecule has 25 heavy (non-hydrogen) atoms. The molecule has 0 bridgehead atoms. The number of rotatable bonds is 10. The highest BCUT2D eigenvalue weighted by Gasteiger charge is 1.93. The van der Waals surface area contributed by atoms with E-state index in [1.54, 1.807) is 16.7 Å². The summed E-state index contributed by atoms with van der Waals surface area (Å²) in [6, 6.07) is 0. The second-order valence-corrected chi connectivity index (χ2v) is 6.73. The van der Waals surface area contributed by atoms with Crippen molar-refractivity contribution in [1.29, 1.82) is 0 Å². The Morgan fingerprint density at radius 1 is 0.920 bits per heavy atom. The van der Waals surface area contributed by atoms with Crippen molar-refractivity contribution in [1.82, 2.24) is 0 Å². The fourth-order valence-corrected chi connectivity index (χ4v) is 2.09. The summed E-state index contributed by atoms with van der Waals surface area (Å²) in [5.41, 5.74) is 0.554. The van der Waals surface area contributed by atoms with Gasteiger partial charge in [-0.2, -0.15) is 0 Å². The molecule has 154 valence electrons. The summed E-state index contributed by atoms with van der Waals surface area (Å²) in [6.07, 6.45) is 1.32. The van der Waals surface area contributed by atoms with Gasteiger partial charge >= 0.3 is 0 Å². The first-order chi connectivity index (χ1) is 11.6. The second-order valence-electron chi connectivity index (χ2n) is 5.57. The van der Waals surface area contributed by atoms with Gasteiger partial charge in [0.1, 0.15) is 0 Å². The molecule has 0 rings (SSSR count). The van der Waals surface area contributed by atoms with Crippen molar-refractivity contribution < 1.29 is 33.8 Å². The number of hydrogen-bond donors (Lipinski definition) is 3. The van der Waals surface area contributed by atoms with Gasteiger partial charge in [0.25, 0.3) is 0 Å². The van der Waals surface area contributed by atoms with Crippen LogP contribution in [0.3, 0.4) is 0 Å². The largest absolute Gasteiger partial charge is 0.790 e. The monoisotopic (exact) mass is 384 g/mol.